The molecule has 0 aliphatic heterocycles. The van der Waals surface area contributed by atoms with Gasteiger partial charge in [0.1, 0.15) is 6.61 Å². The highest BCUT2D eigenvalue weighted by Gasteiger charge is 2.14. The van der Waals surface area contributed by atoms with Crippen LogP contribution in [0.3, 0.4) is 0 Å². The van der Waals surface area contributed by atoms with Crippen LogP contribution >= 0.6 is 0 Å². The Labute approximate surface area is 93.2 Å². The van der Waals surface area contributed by atoms with Gasteiger partial charge in [-0.25, -0.2) is 9.59 Å². The quantitative estimate of drug-likeness (QED) is 0.604. The zero-order chi connectivity index (χ0) is 12.7. The van der Waals surface area contributed by atoms with Crippen LogP contribution in [0.25, 0.3) is 0 Å². The molecule has 0 aromatic rings. The van der Waals surface area contributed by atoms with E-state index < -0.39 is 30.6 Å². The second-order valence-electron chi connectivity index (χ2n) is 3.47. The summed E-state index contributed by atoms with van der Waals surface area (Å²) in [5.41, 5.74) is 0. The van der Waals surface area contributed by atoms with E-state index in [2.05, 4.69) is 10.1 Å². The number of hydrogen-bond acceptors (Lipinski definition) is 4. The lowest BCUT2D eigenvalue weighted by atomic mass is 10.4. The SMILES string of the molecule is CC(C)NC(=O)NC(=O)COC(C)C(=O)O. The number of ether oxygens (including phenoxy) is 1. The molecule has 1 atom stereocenters. The number of carbonyl (C=O) groups is 3. The Bertz CT molecular complexity index is 277. The summed E-state index contributed by atoms with van der Waals surface area (Å²) < 4.78 is 4.68. The highest BCUT2D eigenvalue weighted by Crippen LogP contribution is 1.89. The number of hydrogen-bond donors (Lipinski definition) is 3. The molecular weight excluding hydrogens is 216 g/mol. The van der Waals surface area contributed by atoms with Crippen molar-refractivity contribution < 1.29 is 24.2 Å². The third-order valence-electron chi connectivity index (χ3n) is 1.48. The van der Waals surface area contributed by atoms with E-state index in [0.717, 1.165) is 0 Å². The molecule has 0 saturated heterocycles. The topological polar surface area (TPSA) is 105 Å². The van der Waals surface area contributed by atoms with E-state index in [-0.39, 0.29) is 6.04 Å². The second kappa shape index (κ2) is 6.78. The zero-order valence-corrected chi connectivity index (χ0v) is 9.44. The molecule has 0 radical (unpaired) electrons. The Hall–Kier alpha value is -1.63. The van der Waals surface area contributed by atoms with Crippen molar-refractivity contribution in [3.05, 3.63) is 0 Å². The molecule has 0 bridgehead atoms. The van der Waals surface area contributed by atoms with Crippen LogP contribution in [0.15, 0.2) is 0 Å². The lowest BCUT2D eigenvalue weighted by Crippen LogP contribution is -2.44. The summed E-state index contributed by atoms with van der Waals surface area (Å²) in [5.74, 6) is -1.86. The first-order valence-electron chi connectivity index (χ1n) is 4.77. The van der Waals surface area contributed by atoms with Gasteiger partial charge in [0.05, 0.1) is 0 Å². The minimum absolute atomic E-state index is 0.0911. The summed E-state index contributed by atoms with van der Waals surface area (Å²) in [6, 6.07) is -0.724. The monoisotopic (exact) mass is 232 g/mol. The molecule has 0 aromatic heterocycles. The third-order valence-corrected chi connectivity index (χ3v) is 1.48. The van der Waals surface area contributed by atoms with Gasteiger partial charge in [0.25, 0.3) is 5.91 Å². The number of imide groups is 1. The lowest BCUT2D eigenvalue weighted by Gasteiger charge is -2.10. The summed E-state index contributed by atoms with van der Waals surface area (Å²) in [5, 5.41) is 12.9. The summed E-state index contributed by atoms with van der Waals surface area (Å²) in [6.45, 7) is 4.31. The Morgan fingerprint density at radius 1 is 1.25 bits per heavy atom. The molecule has 0 rings (SSSR count). The van der Waals surface area contributed by atoms with Crippen LogP contribution in [0.1, 0.15) is 20.8 Å². The van der Waals surface area contributed by atoms with E-state index in [1.165, 1.54) is 6.92 Å². The van der Waals surface area contributed by atoms with Gasteiger partial charge in [-0.05, 0) is 20.8 Å². The molecule has 0 spiro atoms. The van der Waals surface area contributed by atoms with E-state index in [1.54, 1.807) is 13.8 Å². The first kappa shape index (κ1) is 14.4. The molecule has 92 valence electrons. The van der Waals surface area contributed by atoms with Gasteiger partial charge in [0, 0.05) is 6.04 Å². The number of nitrogens with one attached hydrogen (secondary N) is 2. The Balaban J connectivity index is 3.83. The fourth-order valence-electron chi connectivity index (χ4n) is 0.733. The molecule has 0 aromatic carbocycles. The predicted molar refractivity (Wildman–Crippen MR) is 54.9 cm³/mol. The van der Waals surface area contributed by atoms with Crippen molar-refractivity contribution in [1.82, 2.24) is 10.6 Å². The van der Waals surface area contributed by atoms with Crippen molar-refractivity contribution in [2.45, 2.75) is 32.9 Å². The molecule has 0 aliphatic rings. The molecule has 3 amide bonds. The average molecular weight is 232 g/mol. The predicted octanol–water partition coefficient (Wildman–Crippen LogP) is -0.290. The largest absolute Gasteiger partial charge is 0.479 e. The first-order valence-corrected chi connectivity index (χ1v) is 4.77. The summed E-state index contributed by atoms with van der Waals surface area (Å²) in [4.78, 5) is 32.4. The molecule has 0 saturated carbocycles. The van der Waals surface area contributed by atoms with Crippen molar-refractivity contribution in [3.63, 3.8) is 0 Å². The van der Waals surface area contributed by atoms with Crippen LogP contribution in [0, 0.1) is 0 Å². The van der Waals surface area contributed by atoms with Crippen LogP contribution in [-0.2, 0) is 14.3 Å². The molecule has 0 aliphatic carbocycles. The fourth-order valence-corrected chi connectivity index (χ4v) is 0.733. The number of carboxylic acid groups (broad SMARTS) is 1. The standard InChI is InChI=1S/C9H16N2O5/c1-5(2)10-9(15)11-7(12)4-16-6(3)8(13)14/h5-6H,4H2,1-3H3,(H,13,14)(H2,10,11,12,15). The van der Waals surface area contributed by atoms with Crippen molar-refractivity contribution in [2.75, 3.05) is 6.61 Å². The highest BCUT2D eigenvalue weighted by atomic mass is 16.5. The fraction of sp³-hybridized carbons (Fsp3) is 0.667. The third kappa shape index (κ3) is 6.77. The van der Waals surface area contributed by atoms with E-state index >= 15 is 0 Å². The molecular formula is C9H16N2O5. The van der Waals surface area contributed by atoms with Crippen LogP contribution in [0.2, 0.25) is 0 Å². The van der Waals surface area contributed by atoms with Crippen LogP contribution < -0.4 is 10.6 Å². The summed E-state index contributed by atoms with van der Waals surface area (Å²) in [7, 11) is 0. The molecule has 0 heterocycles. The second-order valence-corrected chi connectivity index (χ2v) is 3.47. The maximum absolute atomic E-state index is 11.1. The average Bonchev–Trinajstić information content (AvgIpc) is 2.12. The zero-order valence-electron chi connectivity index (χ0n) is 9.44. The van der Waals surface area contributed by atoms with Gasteiger partial charge < -0.3 is 15.2 Å². The maximum atomic E-state index is 11.1. The Morgan fingerprint density at radius 3 is 2.25 bits per heavy atom. The van der Waals surface area contributed by atoms with Gasteiger partial charge in [0.15, 0.2) is 6.10 Å². The number of carboxylic acids is 1. The van der Waals surface area contributed by atoms with E-state index in [4.69, 9.17) is 5.11 Å². The van der Waals surface area contributed by atoms with Gasteiger partial charge >= 0.3 is 12.0 Å². The highest BCUT2D eigenvalue weighted by molar-refractivity contribution is 5.95. The smallest absolute Gasteiger partial charge is 0.332 e. The molecule has 16 heavy (non-hydrogen) atoms. The van der Waals surface area contributed by atoms with E-state index in [0.29, 0.717) is 0 Å². The molecule has 0 fully saturated rings. The number of amides is 3. The van der Waals surface area contributed by atoms with Crippen LogP contribution in [0.4, 0.5) is 4.79 Å². The van der Waals surface area contributed by atoms with Crippen molar-refractivity contribution >= 4 is 17.9 Å². The minimum atomic E-state index is -1.17. The van der Waals surface area contributed by atoms with Crippen molar-refractivity contribution in [2.24, 2.45) is 0 Å². The first-order chi connectivity index (χ1) is 7.32. The Morgan fingerprint density at radius 2 is 1.81 bits per heavy atom. The summed E-state index contributed by atoms with van der Waals surface area (Å²) >= 11 is 0. The van der Waals surface area contributed by atoms with Crippen molar-refractivity contribution in [1.29, 1.82) is 0 Å². The molecule has 7 heteroatoms. The number of rotatable bonds is 5. The van der Waals surface area contributed by atoms with E-state index in [1.807, 2.05) is 5.32 Å². The van der Waals surface area contributed by atoms with E-state index in [9.17, 15) is 14.4 Å². The normalized spacial score (nSPS) is 12.0. The maximum Gasteiger partial charge on any atom is 0.332 e. The molecule has 7 nitrogen and oxygen atoms in total. The van der Waals surface area contributed by atoms with Crippen LogP contribution in [0.5, 0.6) is 0 Å². The number of urea groups is 1. The Kier molecular flexibility index (Phi) is 6.09. The molecule has 3 N–H and O–H groups in total. The minimum Gasteiger partial charge on any atom is -0.479 e. The number of carbonyl (C=O) groups excluding carboxylic acids is 2. The number of aliphatic carboxylic acids is 1. The van der Waals surface area contributed by atoms with Gasteiger partial charge in [0.2, 0.25) is 0 Å². The summed E-state index contributed by atoms with van der Waals surface area (Å²) in [6.07, 6.45) is -1.08. The van der Waals surface area contributed by atoms with Crippen molar-refractivity contribution in [3.8, 4) is 0 Å². The van der Waals surface area contributed by atoms with Gasteiger partial charge in [-0.1, -0.05) is 0 Å². The lowest BCUT2D eigenvalue weighted by molar-refractivity contribution is -0.150. The van der Waals surface area contributed by atoms with Crippen LogP contribution in [-0.4, -0.2) is 41.8 Å². The van der Waals surface area contributed by atoms with Gasteiger partial charge in [-0.2, -0.15) is 0 Å². The van der Waals surface area contributed by atoms with Gasteiger partial charge in [-0.15, -0.1) is 0 Å². The molecule has 1 unspecified atom stereocenters. The van der Waals surface area contributed by atoms with Gasteiger partial charge in [-0.3, -0.25) is 10.1 Å².